The summed E-state index contributed by atoms with van der Waals surface area (Å²) in [6.07, 6.45) is 0. The average molecular weight is 351 g/mol. The van der Waals surface area contributed by atoms with E-state index >= 15 is 0 Å². The summed E-state index contributed by atoms with van der Waals surface area (Å²) in [4.78, 5) is 11.2. The minimum Gasteiger partial charge on any atom is -0.423 e. The molecule has 1 aromatic heterocycles. The van der Waals surface area contributed by atoms with Crippen LogP contribution in [-0.2, 0) is 10.1 Å². The quantitative estimate of drug-likeness (QED) is 0.533. The van der Waals surface area contributed by atoms with Crippen molar-refractivity contribution in [3.8, 4) is 5.75 Å². The van der Waals surface area contributed by atoms with Crippen molar-refractivity contribution in [1.29, 1.82) is 0 Å². The fourth-order valence-electron chi connectivity index (χ4n) is 2.11. The number of benzene rings is 2. The third-order valence-electron chi connectivity index (χ3n) is 3.22. The van der Waals surface area contributed by atoms with Gasteiger partial charge in [0.15, 0.2) is 0 Å². The van der Waals surface area contributed by atoms with E-state index in [0.717, 1.165) is 0 Å². The fourth-order valence-corrected chi connectivity index (χ4v) is 3.52. The first kappa shape index (κ1) is 15.6. The molecule has 1 heterocycles. The topological polar surface area (TPSA) is 73.6 Å². The molecule has 0 amide bonds. The van der Waals surface area contributed by atoms with Crippen LogP contribution in [-0.4, -0.2) is 8.42 Å². The molecule has 3 rings (SSSR count). The molecule has 0 aliphatic rings. The van der Waals surface area contributed by atoms with Gasteiger partial charge in [-0.3, -0.25) is 0 Å². The van der Waals surface area contributed by atoms with Gasteiger partial charge in [0.05, 0.1) is 0 Å². The van der Waals surface area contributed by atoms with E-state index in [1.807, 2.05) is 0 Å². The molecule has 5 nitrogen and oxygen atoms in total. The average Bonchev–Trinajstić information content (AvgIpc) is 2.48. The van der Waals surface area contributed by atoms with E-state index in [1.165, 1.54) is 24.3 Å². The second-order valence-electron chi connectivity index (χ2n) is 4.90. The molecule has 23 heavy (non-hydrogen) atoms. The minimum atomic E-state index is -4.05. The lowest BCUT2D eigenvalue weighted by atomic mass is 10.2. The first-order valence-corrected chi connectivity index (χ1v) is 8.38. The normalized spacial score (nSPS) is 11.6. The van der Waals surface area contributed by atoms with Gasteiger partial charge < -0.3 is 8.60 Å². The largest absolute Gasteiger partial charge is 0.423 e. The van der Waals surface area contributed by atoms with Crippen molar-refractivity contribution < 1.29 is 17.0 Å². The molecule has 2 aromatic carbocycles. The van der Waals surface area contributed by atoms with E-state index in [1.54, 1.807) is 31.2 Å². The maximum Gasteiger partial charge on any atom is 0.339 e. The van der Waals surface area contributed by atoms with Gasteiger partial charge in [-0.25, -0.2) is 4.79 Å². The predicted molar refractivity (Wildman–Crippen MR) is 86.5 cm³/mol. The van der Waals surface area contributed by atoms with Crippen LogP contribution in [0.15, 0.2) is 62.6 Å². The summed E-state index contributed by atoms with van der Waals surface area (Å²) in [5.41, 5.74) is 0.234. The molecule has 3 aromatic rings. The van der Waals surface area contributed by atoms with Gasteiger partial charge in [-0.1, -0.05) is 17.7 Å². The third-order valence-corrected chi connectivity index (χ3v) is 4.85. The SMILES string of the molecule is Cc1ccc(Cl)cc1S(=O)(=O)Oc1ccc2ccc(=O)oc2c1. The Morgan fingerprint density at radius 2 is 1.78 bits per heavy atom. The molecular weight excluding hydrogens is 340 g/mol. The smallest absolute Gasteiger partial charge is 0.339 e. The maximum absolute atomic E-state index is 12.4. The van der Waals surface area contributed by atoms with Gasteiger partial charge in [0, 0.05) is 22.5 Å². The van der Waals surface area contributed by atoms with Gasteiger partial charge in [-0.05, 0) is 42.8 Å². The Bertz CT molecular complexity index is 1050. The summed E-state index contributed by atoms with van der Waals surface area (Å²) < 4.78 is 34.9. The van der Waals surface area contributed by atoms with Gasteiger partial charge in [-0.15, -0.1) is 0 Å². The standard InChI is InChI=1S/C16H11ClO5S/c1-10-2-5-12(17)8-15(10)23(19,20)22-13-6-3-11-4-7-16(18)21-14(11)9-13/h2-9H,1H3. The van der Waals surface area contributed by atoms with Crippen molar-refractivity contribution in [1.82, 2.24) is 0 Å². The second kappa shape index (κ2) is 5.72. The summed E-state index contributed by atoms with van der Waals surface area (Å²) >= 11 is 5.85. The van der Waals surface area contributed by atoms with Crippen molar-refractivity contribution in [2.75, 3.05) is 0 Å². The molecule has 0 fully saturated rings. The summed E-state index contributed by atoms with van der Waals surface area (Å²) in [7, 11) is -4.05. The lowest BCUT2D eigenvalue weighted by Gasteiger charge is -2.10. The van der Waals surface area contributed by atoms with Gasteiger partial charge in [0.1, 0.15) is 16.2 Å². The third kappa shape index (κ3) is 3.23. The Morgan fingerprint density at radius 1 is 1.04 bits per heavy atom. The van der Waals surface area contributed by atoms with Crippen LogP contribution in [0.2, 0.25) is 5.02 Å². The number of hydrogen-bond acceptors (Lipinski definition) is 5. The molecule has 0 saturated heterocycles. The van der Waals surface area contributed by atoms with E-state index in [-0.39, 0.29) is 16.2 Å². The maximum atomic E-state index is 12.4. The van der Waals surface area contributed by atoms with Crippen LogP contribution >= 0.6 is 11.6 Å². The van der Waals surface area contributed by atoms with Crippen LogP contribution in [0.25, 0.3) is 11.0 Å². The zero-order valence-corrected chi connectivity index (χ0v) is 13.5. The van der Waals surface area contributed by atoms with Gasteiger partial charge in [0.2, 0.25) is 0 Å². The summed E-state index contributed by atoms with van der Waals surface area (Å²) in [6.45, 7) is 1.64. The van der Waals surface area contributed by atoms with E-state index in [0.29, 0.717) is 16.0 Å². The van der Waals surface area contributed by atoms with Crippen molar-refractivity contribution in [3.05, 3.63) is 69.5 Å². The Kier molecular flexibility index (Phi) is 3.87. The molecule has 118 valence electrons. The Labute approximate surface area is 137 Å². The molecule has 0 unspecified atom stereocenters. The molecule has 0 N–H and O–H groups in total. The number of rotatable bonds is 3. The fraction of sp³-hybridized carbons (Fsp3) is 0.0625. The van der Waals surface area contributed by atoms with Crippen molar-refractivity contribution in [3.63, 3.8) is 0 Å². The molecule has 0 saturated carbocycles. The monoisotopic (exact) mass is 350 g/mol. The molecule has 0 radical (unpaired) electrons. The summed E-state index contributed by atoms with van der Waals surface area (Å²) in [5.74, 6) is 0.0474. The summed E-state index contributed by atoms with van der Waals surface area (Å²) in [6, 6.07) is 11.8. The molecule has 0 spiro atoms. The highest BCUT2D eigenvalue weighted by atomic mass is 35.5. The molecule has 0 aliphatic heterocycles. The number of fused-ring (bicyclic) bond motifs is 1. The van der Waals surface area contributed by atoms with Crippen LogP contribution in [0.3, 0.4) is 0 Å². The van der Waals surface area contributed by atoms with Crippen molar-refractivity contribution in [2.24, 2.45) is 0 Å². The minimum absolute atomic E-state index is 0.0142. The van der Waals surface area contributed by atoms with Gasteiger partial charge in [0.25, 0.3) is 0 Å². The van der Waals surface area contributed by atoms with Crippen LogP contribution in [0.4, 0.5) is 0 Å². The first-order chi connectivity index (χ1) is 10.8. The van der Waals surface area contributed by atoms with Crippen molar-refractivity contribution in [2.45, 2.75) is 11.8 Å². The van der Waals surface area contributed by atoms with Gasteiger partial charge >= 0.3 is 15.7 Å². The second-order valence-corrected chi connectivity index (χ2v) is 6.85. The molecular formula is C16H11ClO5S. The molecule has 7 heteroatoms. The molecule has 0 atom stereocenters. The Balaban J connectivity index is 2.03. The van der Waals surface area contributed by atoms with Gasteiger partial charge in [-0.2, -0.15) is 8.42 Å². The highest BCUT2D eigenvalue weighted by Crippen LogP contribution is 2.26. The number of aryl methyl sites for hydroxylation is 1. The lowest BCUT2D eigenvalue weighted by molar-refractivity contribution is 0.484. The van der Waals surface area contributed by atoms with Crippen LogP contribution in [0.5, 0.6) is 5.75 Å². The highest BCUT2D eigenvalue weighted by Gasteiger charge is 2.20. The van der Waals surface area contributed by atoms with E-state index in [4.69, 9.17) is 20.2 Å². The highest BCUT2D eigenvalue weighted by molar-refractivity contribution is 7.87. The lowest BCUT2D eigenvalue weighted by Crippen LogP contribution is -2.11. The number of hydrogen-bond donors (Lipinski definition) is 0. The first-order valence-electron chi connectivity index (χ1n) is 6.60. The Morgan fingerprint density at radius 3 is 2.57 bits per heavy atom. The zero-order chi connectivity index (χ0) is 16.6. The number of halogens is 1. The summed E-state index contributed by atoms with van der Waals surface area (Å²) in [5, 5.41) is 0.954. The van der Waals surface area contributed by atoms with E-state index in [9.17, 15) is 13.2 Å². The van der Waals surface area contributed by atoms with Crippen molar-refractivity contribution >= 4 is 32.7 Å². The zero-order valence-electron chi connectivity index (χ0n) is 11.9. The van der Waals surface area contributed by atoms with E-state index in [2.05, 4.69) is 0 Å². The van der Waals surface area contributed by atoms with Crippen LogP contribution in [0, 0.1) is 6.92 Å². The Hall–Kier alpha value is -2.31. The molecule has 0 bridgehead atoms. The van der Waals surface area contributed by atoms with Crippen LogP contribution < -0.4 is 9.81 Å². The molecule has 0 aliphatic carbocycles. The van der Waals surface area contributed by atoms with E-state index < -0.39 is 15.7 Å². The van der Waals surface area contributed by atoms with Crippen LogP contribution in [0.1, 0.15) is 5.56 Å². The predicted octanol–water partition coefficient (Wildman–Crippen LogP) is 3.52.